The Bertz CT molecular complexity index is 954. The molecule has 124 valence electrons. The highest BCUT2D eigenvalue weighted by Crippen LogP contribution is 2.20. The van der Waals surface area contributed by atoms with E-state index in [1.807, 2.05) is 17.6 Å². The molecule has 0 saturated carbocycles. The zero-order chi connectivity index (χ0) is 17.1. The second-order valence-corrected chi connectivity index (χ2v) is 5.83. The highest BCUT2D eigenvalue weighted by atomic mass is 32.1. The molecule has 0 radical (unpaired) electrons. The van der Waals surface area contributed by atoms with E-state index in [0.717, 1.165) is 10.2 Å². The Labute approximate surface area is 141 Å². The molecule has 0 fully saturated rings. The third kappa shape index (κ3) is 3.00. The highest BCUT2D eigenvalue weighted by molar-refractivity contribution is 7.16. The minimum atomic E-state index is -0.494. The first-order valence-electron chi connectivity index (χ1n) is 7.44. The molecule has 8 heteroatoms. The maximum Gasteiger partial charge on any atom is 0.338 e. The summed E-state index contributed by atoms with van der Waals surface area (Å²) in [5.74, 6) is -0.777. The summed E-state index contributed by atoms with van der Waals surface area (Å²) in [7, 11) is 0. The van der Waals surface area contributed by atoms with Gasteiger partial charge in [-0.05, 0) is 32.0 Å². The van der Waals surface area contributed by atoms with Crippen molar-refractivity contribution in [2.75, 3.05) is 6.61 Å². The molecule has 0 bridgehead atoms. The van der Waals surface area contributed by atoms with E-state index < -0.39 is 5.91 Å². The van der Waals surface area contributed by atoms with Crippen molar-refractivity contribution < 1.29 is 18.8 Å². The number of nitrogens with zero attached hydrogens (tertiary/aromatic N) is 3. The lowest BCUT2D eigenvalue weighted by Gasteiger charge is -2.03. The number of thiazole rings is 1. The first-order valence-corrected chi connectivity index (χ1v) is 8.26. The molecule has 2 heterocycles. The van der Waals surface area contributed by atoms with Crippen LogP contribution in [0, 0.1) is 0 Å². The first kappa shape index (κ1) is 16.1. The van der Waals surface area contributed by atoms with Crippen LogP contribution in [-0.4, -0.2) is 28.2 Å². The lowest BCUT2D eigenvalue weighted by Crippen LogP contribution is -2.15. The number of esters is 1. The van der Waals surface area contributed by atoms with Crippen LogP contribution >= 0.6 is 11.3 Å². The molecule has 0 aliphatic rings. The van der Waals surface area contributed by atoms with Gasteiger partial charge in [0.1, 0.15) is 0 Å². The van der Waals surface area contributed by atoms with Crippen LogP contribution in [0.5, 0.6) is 0 Å². The average Bonchev–Trinajstić information content (AvgIpc) is 3.21. The van der Waals surface area contributed by atoms with Gasteiger partial charge in [0.05, 0.1) is 28.6 Å². The molecular formula is C16H15N3O4S. The second-order valence-electron chi connectivity index (χ2n) is 4.83. The lowest BCUT2D eigenvalue weighted by molar-refractivity contribution is 0.0526. The van der Waals surface area contributed by atoms with E-state index in [-0.39, 0.29) is 11.7 Å². The summed E-state index contributed by atoms with van der Waals surface area (Å²) in [5.41, 5.74) is 1.38. The molecule has 0 unspecified atom stereocenters. The van der Waals surface area contributed by atoms with Gasteiger partial charge >= 0.3 is 11.9 Å². The van der Waals surface area contributed by atoms with Crippen molar-refractivity contribution in [2.24, 2.45) is 4.99 Å². The number of carbonyl (C=O) groups is 2. The summed E-state index contributed by atoms with van der Waals surface area (Å²) in [4.78, 5) is 28.6. The molecule has 0 atom stereocenters. The van der Waals surface area contributed by atoms with Crippen molar-refractivity contribution in [1.29, 1.82) is 0 Å². The van der Waals surface area contributed by atoms with Gasteiger partial charge in [-0.3, -0.25) is 4.79 Å². The van der Waals surface area contributed by atoms with Crippen LogP contribution in [0.4, 0.5) is 0 Å². The third-order valence-electron chi connectivity index (χ3n) is 3.36. The zero-order valence-electron chi connectivity index (χ0n) is 13.2. The van der Waals surface area contributed by atoms with Crippen LogP contribution in [0.25, 0.3) is 10.2 Å². The smallest absolute Gasteiger partial charge is 0.338 e. The number of amides is 1. The van der Waals surface area contributed by atoms with Crippen molar-refractivity contribution >= 4 is 33.4 Å². The fourth-order valence-electron chi connectivity index (χ4n) is 2.27. The van der Waals surface area contributed by atoms with Gasteiger partial charge in [0.2, 0.25) is 5.76 Å². The number of benzene rings is 1. The molecule has 24 heavy (non-hydrogen) atoms. The predicted octanol–water partition coefficient (Wildman–Crippen LogP) is 2.63. The maximum absolute atomic E-state index is 12.1. The van der Waals surface area contributed by atoms with Crippen LogP contribution in [0.15, 0.2) is 40.0 Å². The number of hydrogen-bond acceptors (Lipinski definition) is 6. The quantitative estimate of drug-likeness (QED) is 0.678. The van der Waals surface area contributed by atoms with E-state index in [9.17, 15) is 9.59 Å². The van der Waals surface area contributed by atoms with Gasteiger partial charge in [0.15, 0.2) is 4.80 Å². The number of rotatable bonds is 4. The molecule has 0 aliphatic heterocycles. The van der Waals surface area contributed by atoms with E-state index in [1.54, 1.807) is 19.1 Å². The predicted molar refractivity (Wildman–Crippen MR) is 87.8 cm³/mol. The van der Waals surface area contributed by atoms with Gasteiger partial charge in [-0.1, -0.05) is 16.5 Å². The Morgan fingerprint density at radius 3 is 2.83 bits per heavy atom. The van der Waals surface area contributed by atoms with Gasteiger partial charge in [-0.25, -0.2) is 4.79 Å². The average molecular weight is 345 g/mol. The molecule has 0 aliphatic carbocycles. The Kier molecular flexibility index (Phi) is 4.57. The van der Waals surface area contributed by atoms with E-state index in [2.05, 4.69) is 10.1 Å². The standard InChI is InChI=1S/C16H15N3O4S/c1-3-19-11-6-5-10(15(21)22-4-2)9-13(11)24-16(19)18-14(20)12-7-8-17-23-12/h5-9H,3-4H2,1-2H3. The van der Waals surface area contributed by atoms with Crippen molar-refractivity contribution in [3.63, 3.8) is 0 Å². The zero-order valence-corrected chi connectivity index (χ0v) is 14.0. The number of hydrogen-bond donors (Lipinski definition) is 0. The molecule has 0 N–H and O–H groups in total. The molecule has 3 aromatic rings. The number of aromatic nitrogens is 2. The van der Waals surface area contributed by atoms with E-state index in [4.69, 9.17) is 9.26 Å². The van der Waals surface area contributed by atoms with Gasteiger partial charge < -0.3 is 13.8 Å². The fourth-order valence-corrected chi connectivity index (χ4v) is 3.41. The summed E-state index contributed by atoms with van der Waals surface area (Å²) < 4.78 is 12.6. The third-order valence-corrected chi connectivity index (χ3v) is 4.40. The van der Waals surface area contributed by atoms with E-state index in [1.165, 1.54) is 23.6 Å². The summed E-state index contributed by atoms with van der Waals surface area (Å²) in [6.07, 6.45) is 1.40. The molecule has 0 saturated heterocycles. The van der Waals surface area contributed by atoms with Gasteiger partial charge in [-0.2, -0.15) is 4.99 Å². The SMILES string of the molecule is CCOC(=O)c1ccc2c(c1)sc(=NC(=O)c1ccno1)n2CC. The summed E-state index contributed by atoms with van der Waals surface area (Å²) in [6.45, 7) is 4.69. The Hall–Kier alpha value is -2.74. The summed E-state index contributed by atoms with van der Waals surface area (Å²) in [5, 5.41) is 3.51. The van der Waals surface area contributed by atoms with Crippen molar-refractivity contribution in [2.45, 2.75) is 20.4 Å². The van der Waals surface area contributed by atoms with Crippen LogP contribution in [0.1, 0.15) is 34.8 Å². The minimum absolute atomic E-state index is 0.0855. The van der Waals surface area contributed by atoms with Crippen molar-refractivity contribution in [1.82, 2.24) is 9.72 Å². The van der Waals surface area contributed by atoms with Crippen LogP contribution in [-0.2, 0) is 11.3 Å². The number of carbonyl (C=O) groups excluding carboxylic acids is 2. The Morgan fingerprint density at radius 2 is 2.17 bits per heavy atom. The maximum atomic E-state index is 12.1. The van der Waals surface area contributed by atoms with Gasteiger partial charge in [0.25, 0.3) is 0 Å². The summed E-state index contributed by atoms with van der Waals surface area (Å²) in [6, 6.07) is 6.76. The van der Waals surface area contributed by atoms with Crippen LogP contribution in [0.3, 0.4) is 0 Å². The largest absolute Gasteiger partial charge is 0.462 e. The molecule has 7 nitrogen and oxygen atoms in total. The van der Waals surface area contributed by atoms with Gasteiger partial charge in [-0.15, -0.1) is 0 Å². The monoisotopic (exact) mass is 345 g/mol. The lowest BCUT2D eigenvalue weighted by atomic mass is 10.2. The molecule has 0 spiro atoms. The second kappa shape index (κ2) is 6.79. The van der Waals surface area contributed by atoms with E-state index in [0.29, 0.717) is 23.5 Å². The first-order chi connectivity index (χ1) is 11.6. The molecule has 3 rings (SSSR count). The van der Waals surface area contributed by atoms with E-state index >= 15 is 0 Å². The molecule has 1 aromatic carbocycles. The Morgan fingerprint density at radius 1 is 1.33 bits per heavy atom. The van der Waals surface area contributed by atoms with Crippen molar-refractivity contribution in [3.8, 4) is 0 Å². The summed E-state index contributed by atoms with van der Waals surface area (Å²) >= 11 is 1.33. The van der Waals surface area contributed by atoms with Crippen LogP contribution < -0.4 is 4.80 Å². The van der Waals surface area contributed by atoms with Crippen molar-refractivity contribution in [3.05, 3.63) is 46.6 Å². The number of aryl methyl sites for hydroxylation is 1. The molecular weight excluding hydrogens is 330 g/mol. The minimum Gasteiger partial charge on any atom is -0.462 e. The normalized spacial score (nSPS) is 11.8. The number of fused-ring (bicyclic) bond motifs is 1. The number of ether oxygens (including phenoxy) is 1. The highest BCUT2D eigenvalue weighted by Gasteiger charge is 2.13. The fraction of sp³-hybridized carbons (Fsp3) is 0.250. The molecule has 1 amide bonds. The molecule has 2 aromatic heterocycles. The van der Waals surface area contributed by atoms with Crippen LogP contribution in [0.2, 0.25) is 0 Å². The topological polar surface area (TPSA) is 86.7 Å². The Balaban J connectivity index is 2.08. The van der Waals surface area contributed by atoms with Gasteiger partial charge in [0, 0.05) is 12.6 Å².